The third-order valence-corrected chi connectivity index (χ3v) is 7.83. The fourth-order valence-corrected chi connectivity index (χ4v) is 6.65. The number of fused-ring (bicyclic) bond motifs is 1. The summed E-state index contributed by atoms with van der Waals surface area (Å²) in [6, 6.07) is 3.65. The zero-order valence-corrected chi connectivity index (χ0v) is 16.0. The number of nitrogens with zero attached hydrogens (tertiary/aromatic N) is 3. The normalized spacial score (nSPS) is 30.4. The molecule has 8 heteroatoms. The van der Waals surface area contributed by atoms with Crippen LogP contribution >= 0.6 is 0 Å². The molecule has 3 aliphatic heterocycles. The van der Waals surface area contributed by atoms with Crippen LogP contribution in [0.4, 0.5) is 0 Å². The van der Waals surface area contributed by atoms with Gasteiger partial charge in [-0.1, -0.05) is 0 Å². The summed E-state index contributed by atoms with van der Waals surface area (Å²) in [5.74, 6) is 1.41. The monoisotopic (exact) mass is 381 g/mol. The molecule has 1 aromatic rings. The molecule has 4 rings (SSSR count). The Kier molecular flexibility index (Phi) is 4.83. The molecule has 4 heterocycles. The molecule has 2 atom stereocenters. The summed E-state index contributed by atoms with van der Waals surface area (Å²) in [5, 5.41) is 0. The molecule has 3 saturated heterocycles. The maximum Gasteiger partial charge on any atom is 0.226 e. The minimum absolute atomic E-state index is 0.00945. The van der Waals surface area contributed by atoms with Gasteiger partial charge in [-0.25, -0.2) is 8.42 Å². The Morgan fingerprint density at radius 1 is 1.15 bits per heavy atom. The van der Waals surface area contributed by atoms with E-state index in [4.69, 9.17) is 4.42 Å². The van der Waals surface area contributed by atoms with Gasteiger partial charge in [-0.05, 0) is 45.1 Å². The van der Waals surface area contributed by atoms with Gasteiger partial charge in [-0.15, -0.1) is 0 Å². The maximum atomic E-state index is 13.1. The molecule has 3 aliphatic rings. The molecule has 7 nitrogen and oxygen atoms in total. The summed E-state index contributed by atoms with van der Waals surface area (Å²) in [7, 11) is -1.09. The Morgan fingerprint density at radius 2 is 1.88 bits per heavy atom. The number of likely N-dealkylation sites (tertiary alicyclic amines) is 1. The Morgan fingerprint density at radius 3 is 2.58 bits per heavy atom. The van der Waals surface area contributed by atoms with Gasteiger partial charge in [0.15, 0.2) is 9.84 Å². The van der Waals surface area contributed by atoms with Crippen LogP contribution in [0.2, 0.25) is 0 Å². The van der Waals surface area contributed by atoms with Gasteiger partial charge in [0.05, 0.1) is 30.4 Å². The molecule has 0 aromatic carbocycles. The highest BCUT2D eigenvalue weighted by Crippen LogP contribution is 2.29. The molecule has 0 radical (unpaired) electrons. The predicted octanol–water partition coefficient (Wildman–Crippen LogP) is 0.431. The quantitative estimate of drug-likeness (QED) is 0.756. The predicted molar refractivity (Wildman–Crippen MR) is 97.3 cm³/mol. The highest BCUT2D eigenvalue weighted by atomic mass is 32.2. The van der Waals surface area contributed by atoms with Gasteiger partial charge in [0.25, 0.3) is 0 Å². The van der Waals surface area contributed by atoms with Gasteiger partial charge >= 0.3 is 0 Å². The van der Waals surface area contributed by atoms with Crippen molar-refractivity contribution in [3.05, 3.63) is 24.2 Å². The van der Waals surface area contributed by atoms with Crippen molar-refractivity contribution < 1.29 is 17.6 Å². The second kappa shape index (κ2) is 6.98. The molecule has 0 aliphatic carbocycles. The molecule has 0 spiro atoms. The van der Waals surface area contributed by atoms with Crippen molar-refractivity contribution in [1.29, 1.82) is 0 Å². The van der Waals surface area contributed by atoms with E-state index < -0.39 is 9.84 Å². The first kappa shape index (κ1) is 18.0. The van der Waals surface area contributed by atoms with Crippen molar-refractivity contribution in [2.24, 2.45) is 5.92 Å². The summed E-state index contributed by atoms with van der Waals surface area (Å²) in [6.07, 6.45) is 3.34. The van der Waals surface area contributed by atoms with E-state index in [1.54, 1.807) is 6.26 Å². The minimum Gasteiger partial charge on any atom is -0.468 e. The van der Waals surface area contributed by atoms with Crippen molar-refractivity contribution in [2.75, 3.05) is 44.7 Å². The zero-order chi connectivity index (χ0) is 18.3. The van der Waals surface area contributed by atoms with Gasteiger partial charge in [0.1, 0.15) is 5.76 Å². The van der Waals surface area contributed by atoms with Crippen molar-refractivity contribution in [3.8, 4) is 0 Å². The molecule has 1 amide bonds. The zero-order valence-electron chi connectivity index (χ0n) is 15.2. The van der Waals surface area contributed by atoms with Gasteiger partial charge in [0.2, 0.25) is 5.91 Å². The van der Waals surface area contributed by atoms with E-state index in [-0.39, 0.29) is 35.4 Å². The number of amides is 1. The van der Waals surface area contributed by atoms with E-state index in [2.05, 4.69) is 9.80 Å². The van der Waals surface area contributed by atoms with E-state index in [9.17, 15) is 13.2 Å². The summed E-state index contributed by atoms with van der Waals surface area (Å²) in [4.78, 5) is 19.4. The third-order valence-electron chi connectivity index (χ3n) is 6.13. The molecular weight excluding hydrogens is 354 g/mol. The number of rotatable bonds is 3. The molecule has 0 N–H and O–H groups in total. The van der Waals surface area contributed by atoms with Crippen LogP contribution in [0.1, 0.15) is 18.6 Å². The molecule has 0 saturated carbocycles. The van der Waals surface area contributed by atoms with Crippen LogP contribution in [0.25, 0.3) is 0 Å². The van der Waals surface area contributed by atoms with Crippen molar-refractivity contribution >= 4 is 15.7 Å². The Balaban J connectivity index is 1.37. The standard InChI is InChI=1S/C18H27N3O4S/c1-19-8-9-21(17-13-26(23,24)12-16(17)19)18(22)14-4-6-20(7-5-14)11-15-3-2-10-25-15/h2-3,10,14,16-17H,4-9,11-13H2,1H3/t16-,17+/m1/s1. The number of sulfone groups is 1. The molecule has 0 bridgehead atoms. The van der Waals surface area contributed by atoms with Crippen LogP contribution in [0.3, 0.4) is 0 Å². The van der Waals surface area contributed by atoms with E-state index >= 15 is 0 Å². The minimum atomic E-state index is -3.05. The average Bonchev–Trinajstić information content (AvgIpc) is 3.22. The summed E-state index contributed by atoms with van der Waals surface area (Å²) < 4.78 is 29.6. The number of piperidine rings is 1. The lowest BCUT2D eigenvalue weighted by molar-refractivity contribution is -0.142. The third kappa shape index (κ3) is 3.54. The van der Waals surface area contributed by atoms with Gasteiger partial charge in [-0.2, -0.15) is 0 Å². The highest BCUT2D eigenvalue weighted by molar-refractivity contribution is 7.91. The summed E-state index contributed by atoms with van der Waals surface area (Å²) >= 11 is 0. The van der Waals surface area contributed by atoms with Gasteiger partial charge < -0.3 is 9.32 Å². The Hall–Kier alpha value is -1.38. The summed E-state index contributed by atoms with van der Waals surface area (Å²) in [6.45, 7) is 3.91. The first-order valence-corrected chi connectivity index (χ1v) is 11.2. The first-order valence-electron chi connectivity index (χ1n) is 9.39. The van der Waals surface area contributed by atoms with E-state index in [1.807, 2.05) is 24.1 Å². The molecule has 26 heavy (non-hydrogen) atoms. The molecule has 144 valence electrons. The van der Waals surface area contributed by atoms with Crippen molar-refractivity contribution in [3.63, 3.8) is 0 Å². The highest BCUT2D eigenvalue weighted by Gasteiger charge is 2.47. The van der Waals surface area contributed by atoms with Gasteiger partial charge in [-0.3, -0.25) is 14.6 Å². The lowest BCUT2D eigenvalue weighted by atomic mass is 9.93. The summed E-state index contributed by atoms with van der Waals surface area (Å²) in [5.41, 5.74) is 0. The second-order valence-electron chi connectivity index (χ2n) is 7.85. The smallest absolute Gasteiger partial charge is 0.226 e. The number of likely N-dealkylation sites (N-methyl/N-ethyl adjacent to an activating group) is 1. The van der Waals surface area contributed by atoms with E-state index in [1.165, 1.54) is 0 Å². The Bertz CT molecular complexity index is 740. The number of carbonyl (C=O) groups is 1. The van der Waals surface area contributed by atoms with Crippen LogP contribution in [0.15, 0.2) is 22.8 Å². The van der Waals surface area contributed by atoms with Crippen molar-refractivity contribution in [2.45, 2.75) is 31.5 Å². The van der Waals surface area contributed by atoms with Crippen LogP contribution in [0, 0.1) is 5.92 Å². The lowest BCUT2D eigenvalue weighted by Crippen LogP contribution is -2.60. The SMILES string of the molecule is CN1CCN(C(=O)C2CCN(Cc3ccco3)CC2)[C@H]2CS(=O)(=O)C[C@H]21. The number of carbonyl (C=O) groups excluding carboxylic acids is 1. The molecule has 1 aromatic heterocycles. The molecule has 3 fully saturated rings. The second-order valence-corrected chi connectivity index (χ2v) is 10.0. The van der Waals surface area contributed by atoms with Crippen LogP contribution in [-0.4, -0.2) is 85.8 Å². The van der Waals surface area contributed by atoms with Gasteiger partial charge in [0, 0.05) is 25.0 Å². The van der Waals surface area contributed by atoms with Crippen LogP contribution in [-0.2, 0) is 21.2 Å². The number of hydrogen-bond acceptors (Lipinski definition) is 6. The topological polar surface area (TPSA) is 74.1 Å². The fraction of sp³-hybridized carbons (Fsp3) is 0.722. The Labute approximate surface area is 154 Å². The molecule has 0 unspecified atom stereocenters. The molecular formula is C18H27N3O4S. The number of hydrogen-bond donors (Lipinski definition) is 0. The van der Waals surface area contributed by atoms with E-state index in [0.717, 1.165) is 44.8 Å². The largest absolute Gasteiger partial charge is 0.468 e. The van der Waals surface area contributed by atoms with E-state index in [0.29, 0.717) is 6.54 Å². The fourth-order valence-electron chi connectivity index (χ4n) is 4.60. The number of piperazine rings is 1. The number of furan rings is 1. The maximum absolute atomic E-state index is 13.1. The lowest BCUT2D eigenvalue weighted by Gasteiger charge is -2.44. The van der Waals surface area contributed by atoms with Crippen LogP contribution < -0.4 is 0 Å². The van der Waals surface area contributed by atoms with Crippen molar-refractivity contribution in [1.82, 2.24) is 14.7 Å². The first-order chi connectivity index (χ1) is 12.4. The van der Waals surface area contributed by atoms with Crippen LogP contribution in [0.5, 0.6) is 0 Å². The average molecular weight is 381 g/mol.